The molecule has 0 radical (unpaired) electrons. The molecule has 8 nitrogen and oxygen atoms in total. The second kappa shape index (κ2) is 8.22. The molecule has 0 aromatic heterocycles. The predicted molar refractivity (Wildman–Crippen MR) is 100 cm³/mol. The molecule has 2 aliphatic rings. The van der Waals surface area contributed by atoms with E-state index in [1.54, 1.807) is 6.92 Å². The zero-order valence-electron chi connectivity index (χ0n) is 15.7. The smallest absolute Gasteiger partial charge is 0.273 e. The summed E-state index contributed by atoms with van der Waals surface area (Å²) in [5.74, 6) is 0. The molecule has 9 heteroatoms. The first kappa shape index (κ1) is 20.2. The van der Waals surface area contributed by atoms with E-state index < -0.39 is 14.9 Å². The number of nitro groups is 1. The monoisotopic (exact) mass is 398 g/mol. The van der Waals surface area contributed by atoms with Gasteiger partial charge in [0.15, 0.2) is 0 Å². The third-order valence-electron chi connectivity index (χ3n) is 5.95. The number of nitrogens with one attached hydrogen (secondary N) is 2. The summed E-state index contributed by atoms with van der Waals surface area (Å²) in [7, 11) is -3.81. The maximum atomic E-state index is 12.8. The van der Waals surface area contributed by atoms with Gasteiger partial charge >= 0.3 is 0 Å². The number of sulfonamides is 1. The van der Waals surface area contributed by atoms with Crippen LogP contribution in [0.4, 0.5) is 5.69 Å². The molecular formula is C18H28N3O5S+. The predicted octanol–water partition coefficient (Wildman–Crippen LogP) is 0.800. The molecular weight excluding hydrogens is 370 g/mol. The van der Waals surface area contributed by atoms with Gasteiger partial charge in [-0.2, -0.15) is 0 Å². The van der Waals surface area contributed by atoms with Crippen molar-refractivity contribution in [2.24, 2.45) is 0 Å². The van der Waals surface area contributed by atoms with Gasteiger partial charge in [-0.25, -0.2) is 13.1 Å². The summed E-state index contributed by atoms with van der Waals surface area (Å²) in [4.78, 5) is 11.9. The lowest BCUT2D eigenvalue weighted by Gasteiger charge is -2.44. The highest BCUT2D eigenvalue weighted by Gasteiger charge is 2.43. The van der Waals surface area contributed by atoms with Crippen LogP contribution in [0.1, 0.15) is 37.7 Å². The number of ether oxygens (including phenoxy) is 1. The standard InChI is InChI=1S/C18H27N3O5S/c1-15-5-6-16(13-17(15)21(22)23)27(24,25)19-14-18(7-3-2-4-8-18)20-9-11-26-12-10-20/h5-6,13,19H,2-4,7-12,14H2,1H3/p+1. The van der Waals surface area contributed by atoms with Gasteiger partial charge in [-0.1, -0.05) is 12.5 Å². The Balaban J connectivity index is 1.80. The van der Waals surface area contributed by atoms with Crippen molar-refractivity contribution in [3.63, 3.8) is 0 Å². The molecule has 150 valence electrons. The lowest BCUT2D eigenvalue weighted by molar-refractivity contribution is -0.960. The quantitative estimate of drug-likeness (QED) is 0.545. The number of morpholine rings is 1. The summed E-state index contributed by atoms with van der Waals surface area (Å²) in [5.41, 5.74) is 0.149. The number of aryl methyl sites for hydroxylation is 1. The van der Waals surface area contributed by atoms with Crippen molar-refractivity contribution in [1.82, 2.24) is 4.72 Å². The Morgan fingerprint density at radius 2 is 1.89 bits per heavy atom. The minimum atomic E-state index is -3.81. The van der Waals surface area contributed by atoms with E-state index in [0.717, 1.165) is 44.8 Å². The maximum absolute atomic E-state index is 12.8. The van der Waals surface area contributed by atoms with E-state index in [2.05, 4.69) is 4.72 Å². The van der Waals surface area contributed by atoms with Crippen LogP contribution in [-0.4, -0.2) is 51.7 Å². The van der Waals surface area contributed by atoms with Gasteiger partial charge < -0.3 is 9.64 Å². The Morgan fingerprint density at radius 1 is 1.22 bits per heavy atom. The molecule has 1 aromatic rings. The van der Waals surface area contributed by atoms with Crippen molar-refractivity contribution in [2.45, 2.75) is 49.5 Å². The summed E-state index contributed by atoms with van der Waals surface area (Å²) in [6.07, 6.45) is 5.35. The summed E-state index contributed by atoms with van der Waals surface area (Å²) in [5, 5.41) is 11.1. The van der Waals surface area contributed by atoms with Crippen LogP contribution in [0.15, 0.2) is 23.1 Å². The normalized spacial score (nSPS) is 21.1. The van der Waals surface area contributed by atoms with Crippen LogP contribution in [0.2, 0.25) is 0 Å². The summed E-state index contributed by atoms with van der Waals surface area (Å²) in [6, 6.07) is 4.06. The first-order chi connectivity index (χ1) is 12.8. The Hall–Kier alpha value is -1.55. The van der Waals surface area contributed by atoms with E-state index in [1.807, 2.05) is 0 Å². The number of hydrogen-bond acceptors (Lipinski definition) is 5. The highest BCUT2D eigenvalue weighted by atomic mass is 32.2. The van der Waals surface area contributed by atoms with Gasteiger partial charge in [-0.05, 0) is 25.8 Å². The van der Waals surface area contributed by atoms with Crippen LogP contribution in [0.5, 0.6) is 0 Å². The van der Waals surface area contributed by atoms with E-state index in [4.69, 9.17) is 4.74 Å². The number of benzene rings is 1. The summed E-state index contributed by atoms with van der Waals surface area (Å²) in [6.45, 7) is 5.13. The van der Waals surface area contributed by atoms with Crippen LogP contribution in [-0.2, 0) is 14.8 Å². The molecule has 3 rings (SSSR count). The first-order valence-corrected chi connectivity index (χ1v) is 11.0. The van der Waals surface area contributed by atoms with Crippen LogP contribution < -0.4 is 9.62 Å². The van der Waals surface area contributed by atoms with Gasteiger partial charge in [-0.3, -0.25) is 10.1 Å². The molecule has 0 bridgehead atoms. The van der Waals surface area contributed by atoms with Crippen LogP contribution in [0.25, 0.3) is 0 Å². The largest absolute Gasteiger partial charge is 0.370 e. The lowest BCUT2D eigenvalue weighted by atomic mass is 9.80. The summed E-state index contributed by atoms with van der Waals surface area (Å²) >= 11 is 0. The number of nitrogens with zero attached hydrogens (tertiary/aromatic N) is 1. The molecule has 1 aromatic carbocycles. The van der Waals surface area contributed by atoms with E-state index in [0.29, 0.717) is 25.3 Å². The van der Waals surface area contributed by atoms with E-state index in [9.17, 15) is 18.5 Å². The minimum absolute atomic E-state index is 0.0530. The Labute approximate surface area is 160 Å². The number of nitro benzene ring substituents is 1. The fourth-order valence-corrected chi connectivity index (χ4v) is 5.45. The lowest BCUT2D eigenvalue weighted by Crippen LogP contribution is -3.23. The molecule has 1 heterocycles. The van der Waals surface area contributed by atoms with Crippen molar-refractivity contribution >= 4 is 15.7 Å². The van der Waals surface area contributed by atoms with Crippen LogP contribution in [0.3, 0.4) is 0 Å². The van der Waals surface area contributed by atoms with E-state index >= 15 is 0 Å². The average Bonchev–Trinajstić information content (AvgIpc) is 2.68. The fourth-order valence-electron chi connectivity index (χ4n) is 4.30. The van der Waals surface area contributed by atoms with Gasteiger partial charge in [0.25, 0.3) is 5.69 Å². The van der Waals surface area contributed by atoms with Crippen molar-refractivity contribution in [3.8, 4) is 0 Å². The number of quaternary nitrogens is 1. The van der Waals surface area contributed by atoms with Gasteiger partial charge in [0.05, 0.1) is 29.6 Å². The fraction of sp³-hybridized carbons (Fsp3) is 0.667. The molecule has 27 heavy (non-hydrogen) atoms. The topological polar surface area (TPSA) is 103 Å². The molecule has 0 atom stereocenters. The van der Waals surface area contributed by atoms with Gasteiger partial charge in [0.2, 0.25) is 10.0 Å². The maximum Gasteiger partial charge on any atom is 0.273 e. The zero-order chi connectivity index (χ0) is 19.5. The molecule has 1 saturated carbocycles. The van der Waals surface area contributed by atoms with Gasteiger partial charge in [0, 0.05) is 24.5 Å². The van der Waals surface area contributed by atoms with Crippen molar-refractivity contribution in [3.05, 3.63) is 33.9 Å². The molecule has 2 N–H and O–H groups in total. The highest BCUT2D eigenvalue weighted by Crippen LogP contribution is 2.27. The molecule has 0 spiro atoms. The SMILES string of the molecule is Cc1ccc(S(=O)(=O)NCC2([NH+]3CCOCC3)CCCCC2)cc1[N+](=O)[O-]. The first-order valence-electron chi connectivity index (χ1n) is 9.52. The summed E-state index contributed by atoms with van der Waals surface area (Å²) < 4.78 is 33.9. The molecule has 0 amide bonds. The number of hydrogen-bond donors (Lipinski definition) is 2. The molecule has 1 aliphatic carbocycles. The molecule has 2 fully saturated rings. The Morgan fingerprint density at radius 3 is 2.52 bits per heavy atom. The van der Waals surface area contributed by atoms with Crippen LogP contribution in [0, 0.1) is 17.0 Å². The minimum Gasteiger partial charge on any atom is -0.370 e. The third-order valence-corrected chi connectivity index (χ3v) is 7.34. The number of rotatable bonds is 6. The van der Waals surface area contributed by atoms with Gasteiger partial charge in [-0.15, -0.1) is 0 Å². The third kappa shape index (κ3) is 4.48. The molecule has 0 unspecified atom stereocenters. The molecule has 1 aliphatic heterocycles. The molecule has 1 saturated heterocycles. The Bertz CT molecular complexity index is 784. The van der Waals surface area contributed by atoms with Crippen molar-refractivity contribution in [2.75, 3.05) is 32.8 Å². The second-order valence-electron chi connectivity index (χ2n) is 7.59. The van der Waals surface area contributed by atoms with E-state index in [1.165, 1.54) is 23.5 Å². The van der Waals surface area contributed by atoms with E-state index in [-0.39, 0.29) is 16.1 Å². The zero-order valence-corrected chi connectivity index (χ0v) is 16.5. The van der Waals surface area contributed by atoms with Gasteiger partial charge in [0.1, 0.15) is 18.6 Å². The van der Waals surface area contributed by atoms with Crippen molar-refractivity contribution in [1.29, 1.82) is 0 Å². The van der Waals surface area contributed by atoms with Crippen LogP contribution >= 0.6 is 0 Å². The second-order valence-corrected chi connectivity index (χ2v) is 9.35. The van der Waals surface area contributed by atoms with Crippen molar-refractivity contribution < 1.29 is 23.0 Å². The highest BCUT2D eigenvalue weighted by molar-refractivity contribution is 7.89. The average molecular weight is 399 g/mol. The Kier molecular flexibility index (Phi) is 6.15.